The first-order valence-electron chi connectivity index (χ1n) is 10.8. The van der Waals surface area contributed by atoms with E-state index in [-0.39, 0.29) is 18.6 Å². The minimum atomic E-state index is -0.984. The number of hydrogen-bond donors (Lipinski definition) is 2. The molecule has 1 aliphatic rings. The Morgan fingerprint density at radius 2 is 1.97 bits per heavy atom. The summed E-state index contributed by atoms with van der Waals surface area (Å²) in [7, 11) is 0. The van der Waals surface area contributed by atoms with Crippen LogP contribution in [0.3, 0.4) is 0 Å². The number of nitrogens with zero attached hydrogens (tertiary/aromatic N) is 1. The molecule has 2 aromatic carbocycles. The third kappa shape index (κ3) is 6.92. The second-order valence-corrected chi connectivity index (χ2v) is 8.25. The number of halogens is 1. The summed E-state index contributed by atoms with van der Waals surface area (Å²) in [6.45, 7) is 0.648. The first kappa shape index (κ1) is 24.0. The molecule has 32 heavy (non-hydrogen) atoms. The van der Waals surface area contributed by atoms with Gasteiger partial charge < -0.3 is 19.8 Å². The highest BCUT2D eigenvalue weighted by Gasteiger charge is 2.28. The smallest absolute Gasteiger partial charge is 0.329 e. The second-order valence-electron chi connectivity index (χ2n) is 7.81. The number of carboxylic acids is 1. The summed E-state index contributed by atoms with van der Waals surface area (Å²) >= 11 is 5.97. The number of carboxylic acid groups (broad SMARTS) is 1. The maximum atomic E-state index is 12.2. The molecule has 1 heterocycles. The van der Waals surface area contributed by atoms with E-state index < -0.39 is 12.1 Å². The Hall–Kier alpha value is -2.67. The van der Waals surface area contributed by atoms with E-state index in [1.165, 1.54) is 0 Å². The lowest BCUT2D eigenvalue weighted by molar-refractivity contribution is -0.142. The number of rotatable bonds is 11. The van der Waals surface area contributed by atoms with Crippen molar-refractivity contribution in [3.63, 3.8) is 0 Å². The van der Waals surface area contributed by atoms with E-state index in [0.29, 0.717) is 31.0 Å². The number of aliphatic hydroxyl groups excluding tert-OH is 1. The van der Waals surface area contributed by atoms with E-state index >= 15 is 0 Å². The maximum Gasteiger partial charge on any atom is 0.329 e. The number of hydrogen-bond acceptors (Lipinski definition) is 4. The van der Waals surface area contributed by atoms with E-state index in [2.05, 4.69) is 0 Å². The van der Waals surface area contributed by atoms with Crippen LogP contribution in [0.2, 0.25) is 5.02 Å². The normalized spacial score (nSPS) is 17.2. The summed E-state index contributed by atoms with van der Waals surface area (Å²) in [5.74, 6) is -0.882. The Balaban J connectivity index is 1.56. The molecule has 0 aromatic heterocycles. The second kappa shape index (κ2) is 11.8. The van der Waals surface area contributed by atoms with E-state index in [9.17, 15) is 14.7 Å². The molecule has 0 radical (unpaired) electrons. The van der Waals surface area contributed by atoms with Crippen molar-refractivity contribution in [3.8, 4) is 11.1 Å². The molecule has 1 unspecified atom stereocenters. The van der Waals surface area contributed by atoms with Crippen molar-refractivity contribution in [2.75, 3.05) is 19.8 Å². The molecule has 6 nitrogen and oxygen atoms in total. The molecule has 0 bridgehead atoms. The van der Waals surface area contributed by atoms with Gasteiger partial charge in [-0.25, -0.2) is 4.79 Å². The third-order valence-electron chi connectivity index (χ3n) is 5.46. The van der Waals surface area contributed by atoms with Crippen molar-refractivity contribution >= 4 is 23.5 Å². The van der Waals surface area contributed by atoms with Crippen molar-refractivity contribution in [3.05, 3.63) is 71.3 Å². The quantitative estimate of drug-likeness (QED) is 0.384. The molecule has 0 spiro atoms. The molecule has 170 valence electrons. The van der Waals surface area contributed by atoms with Crippen LogP contribution in [0.25, 0.3) is 11.1 Å². The number of carbonyl (C=O) groups is 2. The Morgan fingerprint density at radius 1 is 1.19 bits per heavy atom. The van der Waals surface area contributed by atoms with Gasteiger partial charge in [-0.05, 0) is 54.2 Å². The van der Waals surface area contributed by atoms with E-state index in [1.54, 1.807) is 6.08 Å². The van der Waals surface area contributed by atoms with Crippen LogP contribution in [-0.2, 0) is 14.3 Å². The van der Waals surface area contributed by atoms with Gasteiger partial charge in [0, 0.05) is 24.6 Å². The van der Waals surface area contributed by atoms with Gasteiger partial charge in [-0.3, -0.25) is 4.79 Å². The molecule has 7 heteroatoms. The Labute approximate surface area is 193 Å². The van der Waals surface area contributed by atoms with E-state index in [0.717, 1.165) is 29.5 Å². The summed E-state index contributed by atoms with van der Waals surface area (Å²) in [6.07, 6.45) is 5.52. The van der Waals surface area contributed by atoms with Crippen LogP contribution in [0.15, 0.2) is 60.7 Å². The number of amides is 1. The van der Waals surface area contributed by atoms with E-state index in [1.807, 2.05) is 59.5 Å². The molecule has 2 atom stereocenters. The fourth-order valence-electron chi connectivity index (χ4n) is 3.78. The molecule has 0 saturated carbocycles. The molecule has 1 aliphatic heterocycles. The zero-order valence-corrected chi connectivity index (χ0v) is 18.6. The van der Waals surface area contributed by atoms with Crippen LogP contribution in [-0.4, -0.2) is 52.8 Å². The van der Waals surface area contributed by atoms with Gasteiger partial charge in [-0.15, -0.1) is 0 Å². The number of carbonyl (C=O) groups excluding carboxylic acids is 1. The van der Waals surface area contributed by atoms with Crippen LogP contribution < -0.4 is 0 Å². The lowest BCUT2D eigenvalue weighted by atomic mass is 10.00. The Kier molecular flexibility index (Phi) is 8.85. The van der Waals surface area contributed by atoms with Gasteiger partial charge in [0.25, 0.3) is 0 Å². The standard InChI is InChI=1S/C25H28ClNO5/c26-21-8-6-18(7-9-21)19-4-3-5-20(16-19)23(28)12-10-22-11-13-24(29)27(22)14-1-2-15-32-17-25(30)31/h3-10,12,16,22-23,28H,1-2,11,13-15,17H2,(H,30,31)/b12-10+/t22-,23?/m0/s1. The van der Waals surface area contributed by atoms with E-state index in [4.69, 9.17) is 21.4 Å². The minimum Gasteiger partial charge on any atom is -0.480 e. The summed E-state index contributed by atoms with van der Waals surface area (Å²) < 4.78 is 5.03. The highest BCUT2D eigenvalue weighted by molar-refractivity contribution is 6.30. The fraction of sp³-hybridized carbons (Fsp3) is 0.360. The highest BCUT2D eigenvalue weighted by Crippen LogP contribution is 2.26. The predicted octanol–water partition coefficient (Wildman–Crippen LogP) is 4.47. The zero-order valence-electron chi connectivity index (χ0n) is 17.8. The van der Waals surface area contributed by atoms with Crippen molar-refractivity contribution in [1.29, 1.82) is 0 Å². The van der Waals surface area contributed by atoms with Gasteiger partial charge in [0.2, 0.25) is 5.91 Å². The monoisotopic (exact) mass is 457 g/mol. The molecular weight excluding hydrogens is 430 g/mol. The SMILES string of the molecule is O=C(O)COCCCCN1C(=O)CC[C@@H]1/C=C/C(O)c1cccc(-c2ccc(Cl)cc2)c1. The van der Waals surface area contributed by atoms with Crippen LogP contribution in [0.4, 0.5) is 0 Å². The zero-order chi connectivity index (χ0) is 22.9. The van der Waals surface area contributed by atoms with Crippen molar-refractivity contribution < 1.29 is 24.5 Å². The Bertz CT molecular complexity index is 944. The molecule has 3 rings (SSSR count). The largest absolute Gasteiger partial charge is 0.480 e. The van der Waals surface area contributed by atoms with Gasteiger partial charge in [0.15, 0.2) is 0 Å². The average Bonchev–Trinajstić information content (AvgIpc) is 3.14. The first-order valence-corrected chi connectivity index (χ1v) is 11.1. The number of aliphatic carboxylic acids is 1. The Morgan fingerprint density at radius 3 is 2.72 bits per heavy atom. The predicted molar refractivity (Wildman–Crippen MR) is 123 cm³/mol. The summed E-state index contributed by atoms with van der Waals surface area (Å²) in [4.78, 5) is 24.5. The maximum absolute atomic E-state index is 12.2. The summed E-state index contributed by atoms with van der Waals surface area (Å²) in [6, 6.07) is 15.2. The number of likely N-dealkylation sites (tertiary alicyclic amines) is 1. The average molecular weight is 458 g/mol. The molecular formula is C25H28ClNO5. The lowest BCUT2D eigenvalue weighted by Gasteiger charge is -2.22. The number of ether oxygens (including phenoxy) is 1. The summed E-state index contributed by atoms with van der Waals surface area (Å²) in [5.41, 5.74) is 2.79. The van der Waals surface area contributed by atoms with Crippen LogP contribution in [0.5, 0.6) is 0 Å². The van der Waals surface area contributed by atoms with Gasteiger partial charge in [0.1, 0.15) is 6.61 Å². The van der Waals surface area contributed by atoms with Gasteiger partial charge in [-0.1, -0.05) is 54.1 Å². The molecule has 1 fully saturated rings. The first-order chi connectivity index (χ1) is 15.4. The molecule has 1 amide bonds. The molecule has 2 N–H and O–H groups in total. The topological polar surface area (TPSA) is 87.1 Å². The number of aliphatic hydroxyl groups is 1. The number of unbranched alkanes of at least 4 members (excludes halogenated alkanes) is 1. The highest BCUT2D eigenvalue weighted by atomic mass is 35.5. The van der Waals surface area contributed by atoms with Crippen molar-refractivity contribution in [1.82, 2.24) is 4.90 Å². The van der Waals surface area contributed by atoms with Crippen molar-refractivity contribution in [2.45, 2.75) is 37.8 Å². The lowest BCUT2D eigenvalue weighted by Crippen LogP contribution is -2.32. The van der Waals surface area contributed by atoms with Gasteiger partial charge >= 0.3 is 5.97 Å². The molecule has 2 aromatic rings. The van der Waals surface area contributed by atoms with Gasteiger partial charge in [-0.2, -0.15) is 0 Å². The van der Waals surface area contributed by atoms with Crippen LogP contribution >= 0.6 is 11.6 Å². The van der Waals surface area contributed by atoms with Crippen LogP contribution in [0, 0.1) is 0 Å². The minimum absolute atomic E-state index is 0.0449. The van der Waals surface area contributed by atoms with Crippen LogP contribution in [0.1, 0.15) is 37.4 Å². The molecule has 1 saturated heterocycles. The fourth-order valence-corrected chi connectivity index (χ4v) is 3.91. The van der Waals surface area contributed by atoms with Crippen molar-refractivity contribution in [2.24, 2.45) is 0 Å². The molecule has 0 aliphatic carbocycles. The summed E-state index contributed by atoms with van der Waals surface area (Å²) in [5, 5.41) is 19.9. The van der Waals surface area contributed by atoms with Gasteiger partial charge in [0.05, 0.1) is 12.1 Å². The number of benzene rings is 2. The third-order valence-corrected chi connectivity index (χ3v) is 5.71.